The highest BCUT2D eigenvalue weighted by Crippen LogP contribution is 2.37. The van der Waals surface area contributed by atoms with Gasteiger partial charge in [0.25, 0.3) is 17.1 Å². The smallest absolute Gasteiger partial charge is 0.282 e. The van der Waals surface area contributed by atoms with Gasteiger partial charge in [0.1, 0.15) is 5.65 Å². The van der Waals surface area contributed by atoms with Gasteiger partial charge in [-0.2, -0.15) is 14.7 Å². The lowest BCUT2D eigenvalue weighted by Gasteiger charge is -2.16. The van der Waals surface area contributed by atoms with Crippen LogP contribution in [-0.2, 0) is 5.41 Å². The maximum atomic E-state index is 12.8. The first-order chi connectivity index (χ1) is 15.3. The number of aromatic amines is 2. The number of rotatable bonds is 5. The third-order valence-corrected chi connectivity index (χ3v) is 4.74. The molecule has 1 aromatic carbocycles. The van der Waals surface area contributed by atoms with Gasteiger partial charge in [0.2, 0.25) is 11.5 Å². The Morgan fingerprint density at radius 2 is 1.97 bits per heavy atom. The van der Waals surface area contributed by atoms with E-state index >= 15 is 0 Å². The van der Waals surface area contributed by atoms with Gasteiger partial charge in [-0.15, -0.1) is 10.2 Å². The average molecular weight is 430 g/mol. The Morgan fingerprint density at radius 1 is 1.22 bits per heavy atom. The summed E-state index contributed by atoms with van der Waals surface area (Å²) in [5.74, 6) is 0.269. The number of fused-ring (bicyclic) bond motifs is 1. The molecule has 0 amide bonds. The highest BCUT2D eigenvalue weighted by Gasteiger charge is 2.24. The molecule has 0 aliphatic rings. The van der Waals surface area contributed by atoms with Gasteiger partial charge >= 0.3 is 0 Å². The molecule has 3 heterocycles. The largest absolute Gasteiger partial charge is 0.476 e. The summed E-state index contributed by atoms with van der Waals surface area (Å²) in [5.41, 5.74) is 2.09. The van der Waals surface area contributed by atoms with E-state index in [0.29, 0.717) is 23.6 Å². The molecule has 3 aromatic heterocycles. The Hall–Kier alpha value is -4.26. The van der Waals surface area contributed by atoms with E-state index in [9.17, 15) is 4.79 Å². The Morgan fingerprint density at radius 3 is 2.62 bits per heavy atom. The monoisotopic (exact) mass is 430 g/mol. The Kier molecular flexibility index (Phi) is 5.32. The van der Waals surface area contributed by atoms with Crippen molar-refractivity contribution in [1.29, 1.82) is 0 Å². The molecule has 0 fully saturated rings. The number of hydrogen-bond acceptors (Lipinski definition) is 6. The highest BCUT2D eigenvalue weighted by atomic mass is 16.5. The van der Waals surface area contributed by atoms with Crippen LogP contribution in [0.3, 0.4) is 0 Å². The number of hydrogen-bond donors (Lipinski definition) is 2. The molecule has 0 radical (unpaired) electrons. The summed E-state index contributed by atoms with van der Waals surface area (Å²) in [6, 6.07) is 11.4. The van der Waals surface area contributed by atoms with E-state index in [4.69, 9.17) is 11.3 Å². The normalized spacial score (nSPS) is 11.8. The van der Waals surface area contributed by atoms with Crippen molar-refractivity contribution in [3.05, 3.63) is 63.9 Å². The molecule has 10 heteroatoms. The molecule has 10 nitrogen and oxygen atoms in total. The van der Waals surface area contributed by atoms with Gasteiger partial charge in [-0.3, -0.25) is 9.89 Å². The second-order valence-corrected chi connectivity index (χ2v) is 8.07. The molecular formula is C22H22N8O2. The summed E-state index contributed by atoms with van der Waals surface area (Å²) in [6.45, 7) is 15.5. The van der Waals surface area contributed by atoms with E-state index in [1.807, 2.05) is 51.1 Å². The van der Waals surface area contributed by atoms with Crippen LogP contribution in [0.25, 0.3) is 21.7 Å². The maximum Gasteiger partial charge on any atom is 0.282 e. The molecule has 0 saturated heterocycles. The fourth-order valence-electron chi connectivity index (χ4n) is 3.22. The topological polar surface area (TPSA) is 117 Å². The molecular weight excluding hydrogens is 408 g/mol. The minimum absolute atomic E-state index is 0.0571. The predicted molar refractivity (Wildman–Crippen MR) is 120 cm³/mol. The quantitative estimate of drug-likeness (QED) is 0.339. The molecule has 162 valence electrons. The molecule has 0 saturated carbocycles. The summed E-state index contributed by atoms with van der Waals surface area (Å²) in [5, 5.41) is 19.7. The van der Waals surface area contributed by atoms with Crippen molar-refractivity contribution in [3.8, 4) is 17.1 Å². The molecule has 0 bridgehead atoms. The molecule has 0 unspecified atom stereocenters. The van der Waals surface area contributed by atoms with E-state index in [1.165, 1.54) is 4.52 Å². The summed E-state index contributed by atoms with van der Waals surface area (Å²) in [7, 11) is 0. The van der Waals surface area contributed by atoms with E-state index in [2.05, 4.69) is 35.4 Å². The molecule has 0 aliphatic heterocycles. The van der Waals surface area contributed by atoms with Gasteiger partial charge in [-0.05, 0) is 12.3 Å². The Labute approximate surface area is 183 Å². The number of H-pyrrole nitrogens is 2. The molecule has 0 atom stereocenters. The molecule has 2 N–H and O–H groups in total. The second-order valence-electron chi connectivity index (χ2n) is 8.07. The third kappa shape index (κ3) is 3.76. The minimum Gasteiger partial charge on any atom is -0.476 e. The van der Waals surface area contributed by atoms with Crippen LogP contribution in [0.5, 0.6) is 5.88 Å². The zero-order valence-electron chi connectivity index (χ0n) is 18.2. The van der Waals surface area contributed by atoms with E-state index in [0.717, 1.165) is 5.56 Å². The molecule has 0 spiro atoms. The van der Waals surface area contributed by atoms with Crippen molar-refractivity contribution < 1.29 is 4.74 Å². The standard InChI is InChI=1S/C22H22N8O2/c1-6-32-21-17(25-27-19-16(23-5)18(26-28-19)22(2,3)4)20(31)24-15-12-14(29-30(15)21)13-10-8-7-9-11-13/h7-12H,6H2,1-4H3,(H,24,31)(H,26,28). The van der Waals surface area contributed by atoms with Gasteiger partial charge in [0.05, 0.1) is 18.9 Å². The van der Waals surface area contributed by atoms with Crippen molar-refractivity contribution in [2.24, 2.45) is 10.2 Å². The van der Waals surface area contributed by atoms with Crippen LogP contribution < -0.4 is 10.3 Å². The number of azo groups is 1. The van der Waals surface area contributed by atoms with Crippen LogP contribution >= 0.6 is 0 Å². The maximum absolute atomic E-state index is 12.8. The number of nitrogens with one attached hydrogen (secondary N) is 2. The van der Waals surface area contributed by atoms with Crippen molar-refractivity contribution >= 4 is 22.8 Å². The van der Waals surface area contributed by atoms with Crippen molar-refractivity contribution in [2.75, 3.05) is 6.61 Å². The summed E-state index contributed by atoms with van der Waals surface area (Å²) in [6.07, 6.45) is 0. The molecule has 4 rings (SSSR count). The number of ether oxygens (including phenoxy) is 1. The van der Waals surface area contributed by atoms with Crippen LogP contribution in [0.1, 0.15) is 33.4 Å². The first-order valence-electron chi connectivity index (χ1n) is 10.1. The third-order valence-electron chi connectivity index (χ3n) is 4.74. The fraction of sp³-hybridized carbons (Fsp3) is 0.273. The van der Waals surface area contributed by atoms with Crippen LogP contribution in [0.2, 0.25) is 0 Å². The summed E-state index contributed by atoms with van der Waals surface area (Å²) >= 11 is 0. The second kappa shape index (κ2) is 8.11. The van der Waals surface area contributed by atoms with Gasteiger partial charge in [-0.25, -0.2) is 4.85 Å². The van der Waals surface area contributed by atoms with Crippen LogP contribution in [0.4, 0.5) is 17.2 Å². The van der Waals surface area contributed by atoms with Crippen molar-refractivity contribution in [2.45, 2.75) is 33.1 Å². The number of aromatic nitrogens is 5. The van der Waals surface area contributed by atoms with Crippen LogP contribution in [-0.4, -0.2) is 31.4 Å². The molecule has 4 aromatic rings. The van der Waals surface area contributed by atoms with Crippen LogP contribution in [0, 0.1) is 6.57 Å². The lowest BCUT2D eigenvalue weighted by Crippen LogP contribution is -2.12. The highest BCUT2D eigenvalue weighted by molar-refractivity contribution is 5.68. The Balaban J connectivity index is 1.84. The van der Waals surface area contributed by atoms with E-state index in [1.54, 1.807) is 13.0 Å². The first-order valence-corrected chi connectivity index (χ1v) is 10.1. The SMILES string of the molecule is [C-]#[N+]c1c(N=Nc2c(OCC)n3nc(-c4ccccc4)cc3[nH]c2=O)n[nH]c1C(C)(C)C. The summed E-state index contributed by atoms with van der Waals surface area (Å²) in [4.78, 5) is 19.1. The van der Waals surface area contributed by atoms with Gasteiger partial charge in [0, 0.05) is 17.3 Å². The number of benzene rings is 1. The average Bonchev–Trinajstić information content (AvgIpc) is 3.37. The van der Waals surface area contributed by atoms with Crippen LogP contribution in [0.15, 0.2) is 51.4 Å². The lowest BCUT2D eigenvalue weighted by molar-refractivity contribution is 0.318. The van der Waals surface area contributed by atoms with E-state index < -0.39 is 5.56 Å². The zero-order valence-corrected chi connectivity index (χ0v) is 18.2. The first kappa shape index (κ1) is 21.0. The molecule has 32 heavy (non-hydrogen) atoms. The predicted octanol–water partition coefficient (Wildman–Crippen LogP) is 5.08. The summed E-state index contributed by atoms with van der Waals surface area (Å²) < 4.78 is 7.21. The minimum atomic E-state index is -0.486. The lowest BCUT2D eigenvalue weighted by atomic mass is 9.91. The van der Waals surface area contributed by atoms with Gasteiger partial charge in [0.15, 0.2) is 0 Å². The zero-order chi connectivity index (χ0) is 22.9. The number of nitrogens with zero attached hydrogens (tertiary/aromatic N) is 6. The molecule has 0 aliphatic carbocycles. The van der Waals surface area contributed by atoms with Crippen molar-refractivity contribution in [3.63, 3.8) is 0 Å². The van der Waals surface area contributed by atoms with Gasteiger partial charge < -0.3 is 9.72 Å². The Bertz CT molecular complexity index is 1400. The van der Waals surface area contributed by atoms with Gasteiger partial charge in [-0.1, -0.05) is 51.1 Å². The van der Waals surface area contributed by atoms with Crippen molar-refractivity contribution in [1.82, 2.24) is 24.8 Å². The van der Waals surface area contributed by atoms with E-state index in [-0.39, 0.29) is 28.5 Å². The fourth-order valence-corrected chi connectivity index (χ4v) is 3.22.